The summed E-state index contributed by atoms with van der Waals surface area (Å²) in [6, 6.07) is 14.2. The van der Waals surface area contributed by atoms with Crippen LogP contribution in [0.5, 0.6) is 5.75 Å². The minimum absolute atomic E-state index is 0.108. The van der Waals surface area contributed by atoms with Crippen LogP contribution in [0.1, 0.15) is 26.3 Å². The van der Waals surface area contributed by atoms with E-state index in [0.717, 1.165) is 5.56 Å². The molecule has 2 aromatic rings. The van der Waals surface area contributed by atoms with Gasteiger partial charge in [-0.25, -0.2) is 0 Å². The maximum absolute atomic E-state index is 12.2. The number of hydrogen-bond donors (Lipinski definition) is 0. The van der Waals surface area contributed by atoms with Gasteiger partial charge in [-0.1, -0.05) is 42.5 Å². The minimum atomic E-state index is -1.39. The van der Waals surface area contributed by atoms with Crippen molar-refractivity contribution < 1.29 is 23.9 Å². The van der Waals surface area contributed by atoms with Crippen molar-refractivity contribution in [1.29, 1.82) is 0 Å². The average molecular weight is 296 g/mol. The van der Waals surface area contributed by atoms with Crippen molar-refractivity contribution in [2.45, 2.75) is 12.7 Å². The van der Waals surface area contributed by atoms with Gasteiger partial charge in [0.2, 0.25) is 17.7 Å². The molecule has 1 atom stereocenters. The maximum atomic E-state index is 12.2. The second-order valence-electron chi connectivity index (χ2n) is 4.79. The fraction of sp³-hybridized carbons (Fsp3) is 0.118. The van der Waals surface area contributed by atoms with Gasteiger partial charge in [0, 0.05) is 5.56 Å². The van der Waals surface area contributed by atoms with Crippen molar-refractivity contribution in [2.24, 2.45) is 0 Å². The summed E-state index contributed by atoms with van der Waals surface area (Å²) in [4.78, 5) is 34.7. The molecule has 0 aliphatic heterocycles. The molecular formula is C17H12O5. The zero-order valence-corrected chi connectivity index (χ0v) is 11.5. The number of rotatable bonds is 5. The molecule has 1 aliphatic rings. The number of ether oxygens (including phenoxy) is 2. The van der Waals surface area contributed by atoms with Crippen molar-refractivity contribution in [3.63, 3.8) is 0 Å². The van der Waals surface area contributed by atoms with E-state index in [1.54, 1.807) is 12.1 Å². The normalized spacial score (nSPS) is 16.3. The number of ketones is 2. The predicted molar refractivity (Wildman–Crippen MR) is 76.8 cm³/mol. The maximum Gasteiger partial charge on any atom is 0.294 e. The Morgan fingerprint density at radius 2 is 1.73 bits per heavy atom. The molecule has 0 saturated heterocycles. The first-order valence-corrected chi connectivity index (χ1v) is 6.69. The molecule has 5 heteroatoms. The second kappa shape index (κ2) is 5.81. The third-order valence-corrected chi connectivity index (χ3v) is 3.44. The highest BCUT2D eigenvalue weighted by atomic mass is 16.5. The summed E-state index contributed by atoms with van der Waals surface area (Å²) in [5.74, 6) is -0.746. The van der Waals surface area contributed by atoms with Crippen LogP contribution in [0.4, 0.5) is 0 Å². The standard InChI is InChI=1S/C17H12O5/c18-10-22-17-15(19)12-7-4-8-13(14(12)16(17)20)21-9-11-5-2-1-3-6-11/h1-8,10,17H,9H2. The molecule has 0 fully saturated rings. The first-order chi connectivity index (χ1) is 10.7. The summed E-state index contributed by atoms with van der Waals surface area (Å²) < 4.78 is 10.3. The molecule has 0 radical (unpaired) electrons. The fourth-order valence-corrected chi connectivity index (χ4v) is 2.42. The largest absolute Gasteiger partial charge is 0.488 e. The number of Topliss-reactive ketones (excluding diaryl/α,β-unsaturated/α-hetero) is 2. The van der Waals surface area contributed by atoms with Crippen molar-refractivity contribution in [3.05, 3.63) is 65.2 Å². The van der Waals surface area contributed by atoms with Crippen LogP contribution in [0.2, 0.25) is 0 Å². The molecule has 2 aromatic carbocycles. The lowest BCUT2D eigenvalue weighted by Crippen LogP contribution is -2.25. The van der Waals surface area contributed by atoms with Gasteiger partial charge < -0.3 is 9.47 Å². The highest BCUT2D eigenvalue weighted by Gasteiger charge is 2.42. The van der Waals surface area contributed by atoms with E-state index in [-0.39, 0.29) is 24.2 Å². The highest BCUT2D eigenvalue weighted by molar-refractivity contribution is 6.30. The number of carbonyl (C=O) groups excluding carboxylic acids is 3. The van der Waals surface area contributed by atoms with E-state index >= 15 is 0 Å². The first kappa shape index (κ1) is 14.0. The molecule has 22 heavy (non-hydrogen) atoms. The Labute approximate surface area is 126 Å². The van der Waals surface area contributed by atoms with Crippen LogP contribution in [0, 0.1) is 0 Å². The summed E-state index contributed by atoms with van der Waals surface area (Å²) in [6.45, 7) is 0.384. The van der Waals surface area contributed by atoms with E-state index in [9.17, 15) is 14.4 Å². The quantitative estimate of drug-likeness (QED) is 0.625. The summed E-state index contributed by atoms with van der Waals surface area (Å²) in [7, 11) is 0. The summed E-state index contributed by atoms with van der Waals surface area (Å²) >= 11 is 0. The predicted octanol–water partition coefficient (Wildman–Crippen LogP) is 2.19. The van der Waals surface area contributed by atoms with E-state index < -0.39 is 17.7 Å². The van der Waals surface area contributed by atoms with Gasteiger partial charge >= 0.3 is 0 Å². The Hall–Kier alpha value is -2.95. The molecule has 0 aromatic heterocycles. The van der Waals surface area contributed by atoms with Crippen LogP contribution in [0.15, 0.2) is 48.5 Å². The second-order valence-corrected chi connectivity index (χ2v) is 4.79. The smallest absolute Gasteiger partial charge is 0.294 e. The van der Waals surface area contributed by atoms with Crippen LogP contribution in [0.3, 0.4) is 0 Å². The van der Waals surface area contributed by atoms with Crippen LogP contribution in [0.25, 0.3) is 0 Å². The van der Waals surface area contributed by atoms with Gasteiger partial charge in [-0.3, -0.25) is 14.4 Å². The molecule has 0 bridgehead atoms. The summed E-state index contributed by atoms with van der Waals surface area (Å²) in [5, 5.41) is 0. The molecule has 0 spiro atoms. The van der Waals surface area contributed by atoms with Gasteiger partial charge in [0.25, 0.3) is 6.47 Å². The van der Waals surface area contributed by atoms with Gasteiger partial charge in [-0.2, -0.15) is 0 Å². The summed E-state index contributed by atoms with van der Waals surface area (Å²) in [6.07, 6.45) is -1.39. The SMILES string of the molecule is O=COC1C(=O)c2cccc(OCc3ccccc3)c2C1=O. The third kappa shape index (κ3) is 2.37. The van der Waals surface area contributed by atoms with Crippen LogP contribution in [-0.4, -0.2) is 24.1 Å². The van der Waals surface area contributed by atoms with Crippen LogP contribution >= 0.6 is 0 Å². The van der Waals surface area contributed by atoms with Crippen LogP contribution < -0.4 is 4.74 Å². The van der Waals surface area contributed by atoms with Gasteiger partial charge in [0.1, 0.15) is 12.4 Å². The van der Waals surface area contributed by atoms with E-state index in [4.69, 9.17) is 4.74 Å². The molecular weight excluding hydrogens is 284 g/mol. The van der Waals surface area contributed by atoms with Gasteiger partial charge in [-0.15, -0.1) is 0 Å². The Bertz CT molecular complexity index is 736. The van der Waals surface area contributed by atoms with Gasteiger partial charge in [0.15, 0.2) is 0 Å². The van der Waals surface area contributed by atoms with Crippen molar-refractivity contribution >= 4 is 18.0 Å². The average Bonchev–Trinajstić information content (AvgIpc) is 2.80. The zero-order chi connectivity index (χ0) is 15.5. The lowest BCUT2D eigenvalue weighted by molar-refractivity contribution is -0.130. The van der Waals surface area contributed by atoms with Crippen LogP contribution in [-0.2, 0) is 16.1 Å². The van der Waals surface area contributed by atoms with Gasteiger partial charge in [-0.05, 0) is 11.6 Å². The molecule has 1 aliphatic carbocycles. The fourth-order valence-electron chi connectivity index (χ4n) is 2.42. The minimum Gasteiger partial charge on any atom is -0.488 e. The molecule has 0 saturated carbocycles. The molecule has 0 N–H and O–H groups in total. The van der Waals surface area contributed by atoms with Gasteiger partial charge in [0.05, 0.1) is 5.56 Å². The molecule has 3 rings (SSSR count). The lowest BCUT2D eigenvalue weighted by atomic mass is 10.1. The van der Waals surface area contributed by atoms with E-state index in [0.29, 0.717) is 5.75 Å². The summed E-state index contributed by atoms with van der Waals surface area (Å²) in [5.41, 5.74) is 1.34. The van der Waals surface area contributed by atoms with Crippen molar-refractivity contribution in [3.8, 4) is 5.75 Å². The highest BCUT2D eigenvalue weighted by Crippen LogP contribution is 2.32. The molecule has 0 amide bonds. The van der Waals surface area contributed by atoms with E-state index in [1.807, 2.05) is 30.3 Å². The van der Waals surface area contributed by atoms with E-state index in [1.165, 1.54) is 6.07 Å². The number of benzene rings is 2. The topological polar surface area (TPSA) is 69.7 Å². The van der Waals surface area contributed by atoms with E-state index in [2.05, 4.69) is 4.74 Å². The first-order valence-electron chi connectivity index (χ1n) is 6.69. The van der Waals surface area contributed by atoms with Crippen molar-refractivity contribution in [1.82, 2.24) is 0 Å². The Morgan fingerprint density at radius 3 is 2.45 bits per heavy atom. The number of carbonyl (C=O) groups is 3. The monoisotopic (exact) mass is 296 g/mol. The molecule has 1 unspecified atom stereocenters. The number of fused-ring (bicyclic) bond motifs is 1. The lowest BCUT2D eigenvalue weighted by Gasteiger charge is -2.09. The Balaban J connectivity index is 1.88. The zero-order valence-electron chi connectivity index (χ0n) is 11.5. The Kier molecular flexibility index (Phi) is 3.70. The third-order valence-electron chi connectivity index (χ3n) is 3.44. The molecule has 5 nitrogen and oxygen atoms in total. The number of hydrogen-bond acceptors (Lipinski definition) is 5. The van der Waals surface area contributed by atoms with Crippen molar-refractivity contribution in [2.75, 3.05) is 0 Å². The molecule has 0 heterocycles. The Morgan fingerprint density at radius 1 is 0.955 bits per heavy atom. The molecule has 110 valence electrons.